The molecule has 1 fully saturated rings. The number of fused-ring (bicyclic) bond motifs is 1. The predicted molar refractivity (Wildman–Crippen MR) is 117 cm³/mol. The van der Waals surface area contributed by atoms with Crippen molar-refractivity contribution in [2.45, 2.75) is 19.8 Å². The summed E-state index contributed by atoms with van der Waals surface area (Å²) in [4.78, 5) is 13.7. The minimum atomic E-state index is -0.397. The van der Waals surface area contributed by atoms with Crippen LogP contribution in [0.4, 0.5) is 10.2 Å². The molecule has 1 aliphatic heterocycles. The molecule has 1 aliphatic rings. The summed E-state index contributed by atoms with van der Waals surface area (Å²) in [5.74, 6) is 1.64. The monoisotopic (exact) mass is 409 g/mol. The van der Waals surface area contributed by atoms with Crippen LogP contribution >= 0.6 is 0 Å². The average Bonchev–Trinajstić information content (AvgIpc) is 3.50. The standard InChI is InChI=1S/C21H24FN7O/c1-14-11-19(28-27-14)26-18(23-2)12-20(29-9-3-4-10-29)25-13-30-17-6-5-16-15(21(17)22)7-8-24-16/h5-8,11-12,24H,2-4,9-10,13H2,1H3,(H2,26,27,28)/b18-12+,25-20+. The number of likely N-dealkylation sites (tertiary alicyclic amines) is 1. The first-order valence-electron chi connectivity index (χ1n) is 9.79. The van der Waals surface area contributed by atoms with Gasteiger partial charge < -0.3 is 19.9 Å². The van der Waals surface area contributed by atoms with E-state index in [4.69, 9.17) is 4.74 Å². The highest BCUT2D eigenvalue weighted by Crippen LogP contribution is 2.25. The topological polar surface area (TPSA) is 93.7 Å². The molecule has 0 amide bonds. The van der Waals surface area contributed by atoms with E-state index in [-0.39, 0.29) is 12.5 Å². The summed E-state index contributed by atoms with van der Waals surface area (Å²) in [6, 6.07) is 6.94. The zero-order chi connectivity index (χ0) is 20.9. The van der Waals surface area contributed by atoms with Gasteiger partial charge in [0.1, 0.15) is 11.7 Å². The average molecular weight is 409 g/mol. The van der Waals surface area contributed by atoms with Gasteiger partial charge in [-0.25, -0.2) is 14.4 Å². The number of aromatic nitrogens is 3. The number of anilines is 1. The lowest BCUT2D eigenvalue weighted by atomic mass is 10.2. The van der Waals surface area contributed by atoms with Gasteiger partial charge in [-0.1, -0.05) is 0 Å². The highest BCUT2D eigenvalue weighted by Gasteiger charge is 2.16. The summed E-state index contributed by atoms with van der Waals surface area (Å²) in [5, 5.41) is 10.6. The Kier molecular flexibility index (Phi) is 5.78. The fraction of sp³-hybridized carbons (Fsp3) is 0.286. The van der Waals surface area contributed by atoms with Gasteiger partial charge in [-0.05, 0) is 44.7 Å². The van der Waals surface area contributed by atoms with Crippen LogP contribution < -0.4 is 10.1 Å². The van der Waals surface area contributed by atoms with Crippen LogP contribution in [0.25, 0.3) is 10.9 Å². The quantitative estimate of drug-likeness (QED) is 0.408. The van der Waals surface area contributed by atoms with Crippen LogP contribution in [-0.2, 0) is 0 Å². The number of H-pyrrole nitrogens is 2. The number of nitrogens with zero attached hydrogens (tertiary/aromatic N) is 4. The molecule has 1 aromatic carbocycles. The molecule has 0 aliphatic carbocycles. The maximum absolute atomic E-state index is 14.6. The minimum absolute atomic E-state index is 0.0128. The Morgan fingerprint density at radius 2 is 2.20 bits per heavy atom. The molecule has 3 N–H and O–H groups in total. The number of aliphatic imine (C=N–C) groups is 2. The predicted octanol–water partition coefficient (Wildman–Crippen LogP) is 3.82. The first-order chi connectivity index (χ1) is 14.6. The molecular weight excluding hydrogens is 385 g/mol. The lowest BCUT2D eigenvalue weighted by molar-refractivity contribution is 0.312. The number of hydrogen-bond donors (Lipinski definition) is 3. The van der Waals surface area contributed by atoms with Gasteiger partial charge in [0.05, 0.1) is 0 Å². The highest BCUT2D eigenvalue weighted by molar-refractivity contribution is 5.94. The molecule has 156 valence electrons. The number of nitrogens with one attached hydrogen (secondary N) is 3. The number of halogens is 1. The van der Waals surface area contributed by atoms with Gasteiger partial charge in [-0.2, -0.15) is 5.10 Å². The Labute approximate surface area is 173 Å². The molecule has 9 heteroatoms. The fourth-order valence-corrected chi connectivity index (χ4v) is 3.40. The number of benzene rings is 1. The molecule has 0 atom stereocenters. The van der Waals surface area contributed by atoms with Crippen molar-refractivity contribution in [1.82, 2.24) is 20.1 Å². The molecular formula is C21H24FN7O. The van der Waals surface area contributed by atoms with Gasteiger partial charge in [0.2, 0.25) is 0 Å². The summed E-state index contributed by atoms with van der Waals surface area (Å²) in [7, 11) is 0. The highest BCUT2D eigenvalue weighted by atomic mass is 19.1. The molecule has 30 heavy (non-hydrogen) atoms. The van der Waals surface area contributed by atoms with Crippen LogP contribution in [0.5, 0.6) is 5.75 Å². The lowest BCUT2D eigenvalue weighted by Gasteiger charge is -2.18. The molecule has 8 nitrogen and oxygen atoms in total. The van der Waals surface area contributed by atoms with E-state index in [0.29, 0.717) is 22.9 Å². The number of ether oxygens (including phenoxy) is 1. The third kappa shape index (κ3) is 4.35. The van der Waals surface area contributed by atoms with E-state index >= 15 is 0 Å². The van der Waals surface area contributed by atoms with Crippen molar-refractivity contribution in [3.8, 4) is 5.75 Å². The summed E-state index contributed by atoms with van der Waals surface area (Å²) in [6.07, 6.45) is 5.69. The van der Waals surface area contributed by atoms with Crippen molar-refractivity contribution in [1.29, 1.82) is 0 Å². The van der Waals surface area contributed by atoms with E-state index in [2.05, 4.69) is 42.1 Å². The molecule has 0 bridgehead atoms. The minimum Gasteiger partial charge on any atom is -0.468 e. The molecule has 3 aromatic rings. The zero-order valence-corrected chi connectivity index (χ0v) is 16.8. The number of hydrogen-bond acceptors (Lipinski definition) is 5. The van der Waals surface area contributed by atoms with Crippen LogP contribution in [0.1, 0.15) is 18.5 Å². The van der Waals surface area contributed by atoms with Crippen LogP contribution in [0.3, 0.4) is 0 Å². The summed E-state index contributed by atoms with van der Waals surface area (Å²) >= 11 is 0. The van der Waals surface area contributed by atoms with E-state index in [1.165, 1.54) is 0 Å². The van der Waals surface area contributed by atoms with Crippen molar-refractivity contribution >= 4 is 29.3 Å². The first kappa shape index (κ1) is 19.7. The second-order valence-electron chi connectivity index (χ2n) is 7.05. The summed E-state index contributed by atoms with van der Waals surface area (Å²) < 4.78 is 20.2. The van der Waals surface area contributed by atoms with E-state index < -0.39 is 5.82 Å². The lowest BCUT2D eigenvalue weighted by Crippen LogP contribution is -2.27. The first-order valence-corrected chi connectivity index (χ1v) is 9.79. The molecule has 3 heterocycles. The number of aromatic amines is 2. The maximum Gasteiger partial charge on any atom is 0.181 e. The Morgan fingerprint density at radius 3 is 2.93 bits per heavy atom. The van der Waals surface area contributed by atoms with Crippen molar-refractivity contribution < 1.29 is 9.13 Å². The van der Waals surface area contributed by atoms with Crippen LogP contribution in [0.2, 0.25) is 0 Å². The Morgan fingerprint density at radius 1 is 1.37 bits per heavy atom. The third-order valence-electron chi connectivity index (χ3n) is 4.91. The molecule has 4 rings (SSSR count). The van der Waals surface area contributed by atoms with Gasteiger partial charge in [-0.15, -0.1) is 0 Å². The number of amidine groups is 1. The molecule has 0 saturated carbocycles. The second kappa shape index (κ2) is 8.81. The van der Waals surface area contributed by atoms with Crippen molar-refractivity contribution in [2.24, 2.45) is 9.98 Å². The largest absolute Gasteiger partial charge is 0.468 e. The molecule has 1 saturated heterocycles. The third-order valence-corrected chi connectivity index (χ3v) is 4.91. The van der Waals surface area contributed by atoms with Crippen molar-refractivity contribution in [3.63, 3.8) is 0 Å². The van der Waals surface area contributed by atoms with Crippen molar-refractivity contribution in [3.05, 3.63) is 53.9 Å². The molecule has 0 spiro atoms. The van der Waals surface area contributed by atoms with Gasteiger partial charge in [0.15, 0.2) is 24.1 Å². The van der Waals surface area contributed by atoms with Gasteiger partial charge in [-0.3, -0.25) is 5.10 Å². The normalized spacial score (nSPS) is 15.1. The Hall–Kier alpha value is -3.62. The van der Waals surface area contributed by atoms with Gasteiger partial charge in [0.25, 0.3) is 0 Å². The Bertz CT molecular complexity index is 1090. The molecule has 0 radical (unpaired) electrons. The SMILES string of the molecule is C=N/C(=C\C(=N/COc1ccc2[nH]ccc2c1F)N1CCCC1)Nc1cc(C)[nH]n1. The Balaban J connectivity index is 1.52. The van der Waals surface area contributed by atoms with Gasteiger partial charge >= 0.3 is 0 Å². The van der Waals surface area contributed by atoms with E-state index in [1.54, 1.807) is 30.5 Å². The van der Waals surface area contributed by atoms with E-state index in [9.17, 15) is 4.39 Å². The number of rotatable bonds is 7. The van der Waals surface area contributed by atoms with E-state index in [0.717, 1.165) is 37.1 Å². The number of aryl methyl sites for hydroxylation is 1. The smallest absolute Gasteiger partial charge is 0.181 e. The summed E-state index contributed by atoms with van der Waals surface area (Å²) in [6.45, 7) is 7.32. The second-order valence-corrected chi connectivity index (χ2v) is 7.05. The molecule has 2 aromatic heterocycles. The van der Waals surface area contributed by atoms with Crippen LogP contribution in [0, 0.1) is 12.7 Å². The zero-order valence-electron chi connectivity index (χ0n) is 16.8. The van der Waals surface area contributed by atoms with Crippen LogP contribution in [-0.4, -0.2) is 52.5 Å². The molecule has 0 unspecified atom stereocenters. The van der Waals surface area contributed by atoms with E-state index in [1.807, 2.05) is 13.0 Å². The van der Waals surface area contributed by atoms with Crippen LogP contribution in [0.15, 0.2) is 52.3 Å². The fourth-order valence-electron chi connectivity index (χ4n) is 3.40. The van der Waals surface area contributed by atoms with Gasteiger partial charge in [0, 0.05) is 48.0 Å². The van der Waals surface area contributed by atoms with Crippen molar-refractivity contribution in [2.75, 3.05) is 25.1 Å². The maximum atomic E-state index is 14.6. The summed E-state index contributed by atoms with van der Waals surface area (Å²) in [5.41, 5.74) is 1.66.